The fourth-order valence-electron chi connectivity index (χ4n) is 1.11. The minimum atomic E-state index is -1.27. The molecule has 0 bridgehead atoms. The Morgan fingerprint density at radius 1 is 1.67 bits per heavy atom. The van der Waals surface area contributed by atoms with Crippen LogP contribution in [0.5, 0.6) is 5.88 Å². The fraction of sp³-hybridized carbons (Fsp3) is 0.333. The molecule has 0 unspecified atom stereocenters. The Hall–Kier alpha value is -1.69. The van der Waals surface area contributed by atoms with Gasteiger partial charge in [0.15, 0.2) is 0 Å². The van der Waals surface area contributed by atoms with Gasteiger partial charge in [0.25, 0.3) is 0 Å². The average molecular weight is 213 g/mol. The highest BCUT2D eigenvalue weighted by atomic mass is 19.1. The van der Waals surface area contributed by atoms with Gasteiger partial charge < -0.3 is 14.6 Å². The molecular weight excluding hydrogens is 205 g/mol. The van der Waals surface area contributed by atoms with Gasteiger partial charge in [-0.05, 0) is 6.07 Å². The van der Waals surface area contributed by atoms with Gasteiger partial charge in [0.2, 0.25) is 5.88 Å². The molecule has 1 N–H and O–H groups in total. The molecule has 0 atom stereocenters. The van der Waals surface area contributed by atoms with Crippen molar-refractivity contribution in [2.45, 2.75) is 6.10 Å². The van der Waals surface area contributed by atoms with Crippen molar-refractivity contribution < 1.29 is 23.8 Å². The van der Waals surface area contributed by atoms with Gasteiger partial charge in [0.05, 0.1) is 19.4 Å². The van der Waals surface area contributed by atoms with Gasteiger partial charge in [-0.3, -0.25) is 0 Å². The van der Waals surface area contributed by atoms with Crippen LogP contribution in [-0.4, -0.2) is 35.4 Å². The van der Waals surface area contributed by atoms with Crippen molar-refractivity contribution >= 4 is 5.97 Å². The molecule has 5 nitrogen and oxygen atoms in total. The first-order chi connectivity index (χ1) is 7.16. The van der Waals surface area contributed by atoms with Crippen LogP contribution in [0.3, 0.4) is 0 Å². The summed E-state index contributed by atoms with van der Waals surface area (Å²) in [4.78, 5) is 14.3. The number of carbonyl (C=O) groups is 1. The van der Waals surface area contributed by atoms with Gasteiger partial charge in [-0.1, -0.05) is 0 Å². The summed E-state index contributed by atoms with van der Waals surface area (Å²) in [7, 11) is 0. The lowest BCUT2D eigenvalue weighted by Gasteiger charge is -2.26. The Balaban J connectivity index is 2.23. The maximum Gasteiger partial charge on any atom is 0.341 e. The van der Waals surface area contributed by atoms with Gasteiger partial charge in [-0.2, -0.15) is 0 Å². The number of carboxylic acid groups (broad SMARTS) is 1. The lowest BCUT2D eigenvalue weighted by atomic mass is 10.2. The second kappa shape index (κ2) is 3.82. The highest BCUT2D eigenvalue weighted by molar-refractivity contribution is 5.90. The number of pyridine rings is 1. The fourth-order valence-corrected chi connectivity index (χ4v) is 1.11. The van der Waals surface area contributed by atoms with E-state index in [2.05, 4.69) is 4.98 Å². The van der Waals surface area contributed by atoms with Crippen LogP contribution in [0.4, 0.5) is 4.39 Å². The summed E-state index contributed by atoms with van der Waals surface area (Å²) in [5.41, 5.74) is -0.276. The quantitative estimate of drug-likeness (QED) is 0.800. The summed E-state index contributed by atoms with van der Waals surface area (Å²) in [5.74, 6) is -2.04. The minimum absolute atomic E-state index is 0.0720. The normalized spacial score (nSPS) is 15.8. The van der Waals surface area contributed by atoms with E-state index in [0.717, 1.165) is 12.3 Å². The largest absolute Gasteiger partial charge is 0.477 e. The smallest absolute Gasteiger partial charge is 0.341 e. The molecule has 15 heavy (non-hydrogen) atoms. The summed E-state index contributed by atoms with van der Waals surface area (Å²) in [6.07, 6.45) is 0.724. The van der Waals surface area contributed by atoms with E-state index in [-0.39, 0.29) is 17.5 Å². The number of rotatable bonds is 3. The second-order valence-electron chi connectivity index (χ2n) is 3.09. The van der Waals surface area contributed by atoms with Crippen molar-refractivity contribution in [3.8, 4) is 5.88 Å². The maximum atomic E-state index is 12.7. The van der Waals surface area contributed by atoms with Gasteiger partial charge in [-0.25, -0.2) is 14.2 Å². The summed E-state index contributed by atoms with van der Waals surface area (Å²) in [6, 6.07) is 0.879. The highest BCUT2D eigenvalue weighted by Gasteiger charge is 2.24. The molecule has 0 saturated carbocycles. The molecule has 0 aromatic carbocycles. The van der Waals surface area contributed by atoms with Crippen LogP contribution < -0.4 is 4.74 Å². The Morgan fingerprint density at radius 3 is 2.93 bits per heavy atom. The maximum absolute atomic E-state index is 12.7. The van der Waals surface area contributed by atoms with Crippen molar-refractivity contribution in [1.29, 1.82) is 0 Å². The molecule has 80 valence electrons. The Labute approximate surface area is 84.5 Å². The molecule has 1 aromatic rings. The summed E-state index contributed by atoms with van der Waals surface area (Å²) >= 11 is 0. The standard InChI is InChI=1S/C9H8FNO4/c10-5-1-7(9(12)13)8(11-2-5)15-6-3-14-4-6/h1-2,6H,3-4H2,(H,12,13). The molecule has 0 amide bonds. The monoisotopic (exact) mass is 213 g/mol. The van der Waals surface area contributed by atoms with Gasteiger partial charge in [-0.15, -0.1) is 0 Å². The predicted octanol–water partition coefficient (Wildman–Crippen LogP) is 0.696. The van der Waals surface area contributed by atoms with E-state index in [1.165, 1.54) is 0 Å². The number of halogens is 1. The first-order valence-electron chi connectivity index (χ1n) is 4.30. The van der Waals surface area contributed by atoms with Crippen LogP contribution in [0.1, 0.15) is 10.4 Å². The van der Waals surface area contributed by atoms with Crippen LogP contribution >= 0.6 is 0 Å². The zero-order valence-corrected chi connectivity index (χ0v) is 7.64. The third-order valence-electron chi connectivity index (χ3n) is 1.93. The van der Waals surface area contributed by atoms with Crippen LogP contribution in [-0.2, 0) is 4.74 Å². The number of nitrogens with zero attached hydrogens (tertiary/aromatic N) is 1. The Kier molecular flexibility index (Phi) is 2.51. The highest BCUT2D eigenvalue weighted by Crippen LogP contribution is 2.19. The van der Waals surface area contributed by atoms with E-state index in [9.17, 15) is 9.18 Å². The van der Waals surface area contributed by atoms with Crippen molar-refractivity contribution in [2.75, 3.05) is 13.2 Å². The number of aromatic carboxylic acids is 1. The van der Waals surface area contributed by atoms with Gasteiger partial charge in [0, 0.05) is 0 Å². The zero-order chi connectivity index (χ0) is 10.8. The third kappa shape index (κ3) is 2.04. The molecule has 6 heteroatoms. The van der Waals surface area contributed by atoms with Crippen molar-refractivity contribution in [2.24, 2.45) is 0 Å². The van der Waals surface area contributed by atoms with Gasteiger partial charge >= 0.3 is 5.97 Å². The molecular formula is C9H8FNO4. The molecule has 0 spiro atoms. The third-order valence-corrected chi connectivity index (χ3v) is 1.93. The lowest BCUT2D eigenvalue weighted by molar-refractivity contribution is -0.0816. The van der Waals surface area contributed by atoms with Crippen molar-refractivity contribution in [1.82, 2.24) is 4.98 Å². The first-order valence-corrected chi connectivity index (χ1v) is 4.30. The summed E-state index contributed by atoms with van der Waals surface area (Å²) in [6.45, 7) is 0.802. The number of aromatic nitrogens is 1. The topological polar surface area (TPSA) is 68.7 Å². The predicted molar refractivity (Wildman–Crippen MR) is 46.4 cm³/mol. The molecule has 2 rings (SSSR count). The van der Waals surface area contributed by atoms with Crippen molar-refractivity contribution in [3.63, 3.8) is 0 Å². The summed E-state index contributed by atoms with van der Waals surface area (Å²) < 4.78 is 22.8. The molecule has 1 aromatic heterocycles. The Bertz CT molecular complexity index is 392. The molecule has 0 aliphatic carbocycles. The molecule has 1 aliphatic rings. The van der Waals surface area contributed by atoms with E-state index < -0.39 is 11.8 Å². The molecule has 0 radical (unpaired) electrons. The van der Waals surface area contributed by atoms with Crippen LogP contribution in [0.2, 0.25) is 0 Å². The molecule has 2 heterocycles. The van der Waals surface area contributed by atoms with Crippen molar-refractivity contribution in [3.05, 3.63) is 23.6 Å². The second-order valence-corrected chi connectivity index (χ2v) is 3.09. The van der Waals surface area contributed by atoms with E-state index in [1.54, 1.807) is 0 Å². The number of carboxylic acids is 1. The lowest BCUT2D eigenvalue weighted by Crippen LogP contribution is -2.39. The van der Waals surface area contributed by atoms with Crippen LogP contribution in [0.25, 0.3) is 0 Å². The van der Waals surface area contributed by atoms with E-state index in [0.29, 0.717) is 13.2 Å². The van der Waals surface area contributed by atoms with E-state index >= 15 is 0 Å². The molecule has 1 aliphatic heterocycles. The number of ether oxygens (including phenoxy) is 2. The number of hydrogen-bond acceptors (Lipinski definition) is 4. The molecule has 1 saturated heterocycles. The van der Waals surface area contributed by atoms with Gasteiger partial charge in [0.1, 0.15) is 17.5 Å². The van der Waals surface area contributed by atoms with Crippen LogP contribution in [0, 0.1) is 5.82 Å². The van der Waals surface area contributed by atoms with E-state index in [1.807, 2.05) is 0 Å². The van der Waals surface area contributed by atoms with E-state index in [4.69, 9.17) is 14.6 Å². The summed E-state index contributed by atoms with van der Waals surface area (Å²) in [5, 5.41) is 8.78. The Morgan fingerprint density at radius 2 is 2.40 bits per heavy atom. The average Bonchev–Trinajstić information content (AvgIpc) is 2.12. The SMILES string of the molecule is O=C(O)c1cc(F)cnc1OC1COC1. The zero-order valence-electron chi connectivity index (χ0n) is 7.64. The minimum Gasteiger partial charge on any atom is -0.477 e. The van der Waals surface area contributed by atoms with Crippen LogP contribution in [0.15, 0.2) is 12.3 Å². The molecule has 1 fully saturated rings. The number of hydrogen-bond donors (Lipinski definition) is 1. The first kappa shape index (κ1) is 9.85.